The van der Waals surface area contributed by atoms with Crippen LogP contribution < -0.4 is 5.32 Å². The molecule has 1 aromatic carbocycles. The van der Waals surface area contributed by atoms with E-state index in [1.165, 1.54) is 0 Å². The van der Waals surface area contributed by atoms with Crippen LogP contribution in [0, 0.1) is 6.92 Å². The second-order valence-electron chi connectivity index (χ2n) is 5.20. The third-order valence-corrected chi connectivity index (χ3v) is 3.26. The van der Waals surface area contributed by atoms with Gasteiger partial charge >= 0.3 is 5.97 Å². The number of hydrogen-bond acceptors (Lipinski definition) is 2. The molecule has 19 heavy (non-hydrogen) atoms. The zero-order valence-electron chi connectivity index (χ0n) is 11.3. The number of rotatable bonds is 5. The van der Waals surface area contributed by atoms with Gasteiger partial charge in [-0.25, -0.2) is 0 Å². The highest BCUT2D eigenvalue weighted by atomic mass is 35.5. The topological polar surface area (TPSA) is 66.4 Å². The summed E-state index contributed by atoms with van der Waals surface area (Å²) in [7, 11) is 0. The number of halogens is 1. The molecule has 0 aliphatic rings. The monoisotopic (exact) mass is 283 g/mol. The molecule has 1 aromatic rings. The fourth-order valence-electron chi connectivity index (χ4n) is 1.65. The number of carboxylic acid groups (broad SMARTS) is 1. The van der Waals surface area contributed by atoms with Crippen molar-refractivity contribution in [3.05, 3.63) is 34.3 Å². The number of aliphatic carboxylic acids is 1. The van der Waals surface area contributed by atoms with E-state index in [-0.39, 0.29) is 12.3 Å². The summed E-state index contributed by atoms with van der Waals surface area (Å²) in [5.74, 6) is -1.10. The van der Waals surface area contributed by atoms with Gasteiger partial charge in [0.15, 0.2) is 0 Å². The lowest BCUT2D eigenvalue weighted by molar-refractivity contribution is -0.137. The van der Waals surface area contributed by atoms with Gasteiger partial charge in [0.2, 0.25) is 0 Å². The van der Waals surface area contributed by atoms with Crippen LogP contribution in [0.25, 0.3) is 0 Å². The quantitative estimate of drug-likeness (QED) is 0.873. The Balaban J connectivity index is 2.72. The van der Waals surface area contributed by atoms with Crippen LogP contribution in [0.4, 0.5) is 0 Å². The van der Waals surface area contributed by atoms with Crippen LogP contribution >= 0.6 is 11.6 Å². The van der Waals surface area contributed by atoms with Crippen molar-refractivity contribution < 1.29 is 14.7 Å². The molecular formula is C14H18ClNO3. The molecule has 0 spiro atoms. The molecule has 1 rings (SSSR count). The average Bonchev–Trinajstić information content (AvgIpc) is 2.29. The van der Waals surface area contributed by atoms with Crippen LogP contribution in [0.2, 0.25) is 5.02 Å². The number of hydrogen-bond donors (Lipinski definition) is 2. The molecule has 0 heterocycles. The van der Waals surface area contributed by atoms with Gasteiger partial charge in [0, 0.05) is 22.5 Å². The van der Waals surface area contributed by atoms with E-state index in [9.17, 15) is 9.59 Å². The molecule has 4 nitrogen and oxygen atoms in total. The van der Waals surface area contributed by atoms with E-state index < -0.39 is 11.5 Å². The largest absolute Gasteiger partial charge is 0.481 e. The Morgan fingerprint density at radius 2 is 2.00 bits per heavy atom. The van der Waals surface area contributed by atoms with E-state index in [0.29, 0.717) is 17.0 Å². The van der Waals surface area contributed by atoms with Gasteiger partial charge in [0.25, 0.3) is 5.91 Å². The molecule has 104 valence electrons. The highest BCUT2D eigenvalue weighted by Gasteiger charge is 2.22. The minimum Gasteiger partial charge on any atom is -0.481 e. The van der Waals surface area contributed by atoms with Gasteiger partial charge in [-0.1, -0.05) is 11.6 Å². The van der Waals surface area contributed by atoms with Gasteiger partial charge in [-0.05, 0) is 51.0 Å². The minimum atomic E-state index is -0.871. The van der Waals surface area contributed by atoms with Crippen LogP contribution in [-0.4, -0.2) is 22.5 Å². The van der Waals surface area contributed by atoms with Crippen molar-refractivity contribution in [1.29, 1.82) is 0 Å². The van der Waals surface area contributed by atoms with Crippen LogP contribution in [0.5, 0.6) is 0 Å². The zero-order chi connectivity index (χ0) is 14.6. The van der Waals surface area contributed by atoms with Crippen LogP contribution in [0.1, 0.15) is 42.6 Å². The second-order valence-corrected chi connectivity index (χ2v) is 5.60. The van der Waals surface area contributed by atoms with Crippen molar-refractivity contribution in [1.82, 2.24) is 5.32 Å². The number of benzene rings is 1. The third kappa shape index (κ3) is 4.91. The van der Waals surface area contributed by atoms with Gasteiger partial charge < -0.3 is 10.4 Å². The lowest BCUT2D eigenvalue weighted by Crippen LogP contribution is -2.43. The summed E-state index contributed by atoms with van der Waals surface area (Å²) >= 11 is 5.91. The molecule has 0 atom stereocenters. The molecule has 0 radical (unpaired) electrons. The van der Waals surface area contributed by atoms with Crippen molar-refractivity contribution in [3.63, 3.8) is 0 Å². The van der Waals surface area contributed by atoms with Gasteiger partial charge in [0.1, 0.15) is 0 Å². The number of nitrogens with one attached hydrogen (secondary N) is 1. The highest BCUT2D eigenvalue weighted by Crippen LogP contribution is 2.18. The first-order chi connectivity index (χ1) is 8.71. The maximum Gasteiger partial charge on any atom is 0.303 e. The van der Waals surface area contributed by atoms with Crippen molar-refractivity contribution >= 4 is 23.5 Å². The third-order valence-electron chi connectivity index (χ3n) is 2.84. The second kappa shape index (κ2) is 6.06. The first kappa shape index (κ1) is 15.5. The van der Waals surface area contributed by atoms with E-state index in [1.54, 1.807) is 32.0 Å². The van der Waals surface area contributed by atoms with Crippen molar-refractivity contribution in [2.45, 2.75) is 39.2 Å². The lowest BCUT2D eigenvalue weighted by atomic mass is 9.97. The molecule has 0 unspecified atom stereocenters. The standard InChI is InChI=1S/C14H18ClNO3/c1-9-8-10(4-5-11(9)15)13(19)16-14(2,3)7-6-12(17)18/h4-5,8H,6-7H2,1-3H3,(H,16,19)(H,17,18). The summed E-state index contributed by atoms with van der Waals surface area (Å²) in [5, 5.41) is 12.1. The number of carbonyl (C=O) groups is 2. The molecule has 0 bridgehead atoms. The molecule has 0 aromatic heterocycles. The van der Waals surface area contributed by atoms with Gasteiger partial charge in [0.05, 0.1) is 0 Å². The fourth-order valence-corrected chi connectivity index (χ4v) is 1.76. The molecule has 0 saturated carbocycles. The summed E-state index contributed by atoms with van der Waals surface area (Å²) in [6, 6.07) is 5.04. The lowest BCUT2D eigenvalue weighted by Gasteiger charge is -2.25. The first-order valence-corrected chi connectivity index (χ1v) is 6.39. The van der Waals surface area contributed by atoms with Crippen molar-refractivity contribution in [3.8, 4) is 0 Å². The Bertz CT molecular complexity index is 497. The Kier molecular flexibility index (Phi) is 4.95. The summed E-state index contributed by atoms with van der Waals surface area (Å²) in [6.07, 6.45) is 0.396. The Labute approximate surface area is 117 Å². The summed E-state index contributed by atoms with van der Waals surface area (Å²) in [4.78, 5) is 22.6. The minimum absolute atomic E-state index is 0.0208. The number of carbonyl (C=O) groups excluding carboxylic acids is 1. The molecule has 0 aliphatic carbocycles. The van der Waals surface area contributed by atoms with E-state index in [0.717, 1.165) is 5.56 Å². The molecule has 2 N–H and O–H groups in total. The van der Waals surface area contributed by atoms with E-state index in [4.69, 9.17) is 16.7 Å². The molecular weight excluding hydrogens is 266 g/mol. The Hall–Kier alpha value is -1.55. The Morgan fingerprint density at radius 1 is 1.37 bits per heavy atom. The molecule has 0 saturated heterocycles. The maximum absolute atomic E-state index is 12.1. The van der Waals surface area contributed by atoms with Gasteiger partial charge in [-0.15, -0.1) is 0 Å². The molecule has 0 fully saturated rings. The predicted octanol–water partition coefficient (Wildman–Crippen LogP) is 3.02. The average molecular weight is 284 g/mol. The van der Waals surface area contributed by atoms with E-state index in [2.05, 4.69) is 5.32 Å². The Morgan fingerprint density at radius 3 is 2.53 bits per heavy atom. The fraction of sp³-hybridized carbons (Fsp3) is 0.429. The zero-order valence-corrected chi connectivity index (χ0v) is 12.0. The number of aryl methyl sites for hydroxylation is 1. The van der Waals surface area contributed by atoms with Crippen molar-refractivity contribution in [2.75, 3.05) is 0 Å². The van der Waals surface area contributed by atoms with Crippen LogP contribution in [0.3, 0.4) is 0 Å². The molecule has 1 amide bonds. The maximum atomic E-state index is 12.1. The molecule has 0 aliphatic heterocycles. The van der Waals surface area contributed by atoms with Gasteiger partial charge in [-0.2, -0.15) is 0 Å². The predicted molar refractivity (Wildman–Crippen MR) is 74.6 cm³/mol. The summed E-state index contributed by atoms with van der Waals surface area (Å²) in [5.41, 5.74) is 0.784. The molecule has 5 heteroatoms. The first-order valence-electron chi connectivity index (χ1n) is 6.02. The van der Waals surface area contributed by atoms with Gasteiger partial charge in [-0.3, -0.25) is 9.59 Å². The summed E-state index contributed by atoms with van der Waals surface area (Å²) < 4.78 is 0. The van der Waals surface area contributed by atoms with E-state index >= 15 is 0 Å². The number of carboxylic acids is 1. The van der Waals surface area contributed by atoms with Crippen LogP contribution in [-0.2, 0) is 4.79 Å². The van der Waals surface area contributed by atoms with Crippen LogP contribution in [0.15, 0.2) is 18.2 Å². The normalized spacial score (nSPS) is 11.2. The smallest absolute Gasteiger partial charge is 0.303 e. The van der Waals surface area contributed by atoms with Crippen molar-refractivity contribution in [2.24, 2.45) is 0 Å². The summed E-state index contributed by atoms with van der Waals surface area (Å²) in [6.45, 7) is 5.43. The highest BCUT2D eigenvalue weighted by molar-refractivity contribution is 6.31. The SMILES string of the molecule is Cc1cc(C(=O)NC(C)(C)CCC(=O)O)ccc1Cl. The van der Waals surface area contributed by atoms with E-state index in [1.807, 2.05) is 6.92 Å². The number of amides is 1.